The smallest absolute Gasteiger partial charge is 0.250 e. The van der Waals surface area contributed by atoms with Gasteiger partial charge in [0.05, 0.1) is 13.7 Å². The molecule has 0 aliphatic rings. The van der Waals surface area contributed by atoms with E-state index in [4.69, 9.17) is 4.74 Å². The molecule has 2 aromatic heterocycles. The number of halogens is 1. The Kier molecular flexibility index (Phi) is 7.71. The molecular weight excluding hydrogens is 268 g/mol. The van der Waals surface area contributed by atoms with Crippen LogP contribution in [0.1, 0.15) is 19.8 Å². The summed E-state index contributed by atoms with van der Waals surface area (Å²) in [5.41, 5.74) is 0. The Hall–Kier alpha value is -1.66. The second-order valence-corrected chi connectivity index (χ2v) is 3.85. The van der Waals surface area contributed by atoms with E-state index in [0.29, 0.717) is 5.88 Å². The number of hydrogen-bond acceptors (Lipinski definition) is 3. The molecule has 0 radical (unpaired) electrons. The van der Waals surface area contributed by atoms with Crippen molar-refractivity contribution in [1.82, 2.24) is 14.8 Å². The molecule has 2 aromatic rings. The van der Waals surface area contributed by atoms with Crippen LogP contribution in [0.3, 0.4) is 0 Å². The lowest BCUT2D eigenvalue weighted by Crippen LogP contribution is -3.00. The van der Waals surface area contributed by atoms with Gasteiger partial charge in [-0.05, 0) is 6.42 Å². The maximum absolute atomic E-state index is 4.98. The number of methoxy groups -OCH3 is 1. The van der Waals surface area contributed by atoms with Crippen LogP contribution < -0.4 is 21.7 Å². The molecule has 0 atom stereocenters. The molecule has 6 nitrogen and oxygen atoms in total. The van der Waals surface area contributed by atoms with Crippen LogP contribution in [0.25, 0.3) is 5.82 Å². The highest BCUT2D eigenvalue weighted by Gasteiger charge is 2.08. The van der Waals surface area contributed by atoms with Crippen LogP contribution in [0, 0.1) is 0 Å². The van der Waals surface area contributed by atoms with Crippen LogP contribution >= 0.6 is 0 Å². The van der Waals surface area contributed by atoms with Crippen LogP contribution in [-0.2, 0) is 6.54 Å². The highest BCUT2D eigenvalue weighted by molar-refractivity contribution is 5.22. The van der Waals surface area contributed by atoms with Crippen LogP contribution in [-0.4, -0.2) is 27.4 Å². The quantitative estimate of drug-likeness (QED) is 0.572. The number of imidazole rings is 1. The van der Waals surface area contributed by atoms with E-state index in [9.17, 15) is 0 Å². The van der Waals surface area contributed by atoms with Crippen molar-refractivity contribution in [2.75, 3.05) is 7.11 Å². The van der Waals surface area contributed by atoms with Crippen LogP contribution in [0.15, 0.2) is 30.9 Å². The summed E-state index contributed by atoms with van der Waals surface area (Å²) >= 11 is 0. The van der Waals surface area contributed by atoms with E-state index in [1.165, 1.54) is 12.8 Å². The molecule has 0 saturated carbocycles. The summed E-state index contributed by atoms with van der Waals surface area (Å²) in [6, 6.07) is 3.69. The standard InChI is InChI=1S/C12H17N4O.ClH.H2O/c1-3-4-7-15-8-9-16(10-15)11-5-6-12(17-2)14-13-11;;/h5-6,8-10H,3-4,7H2,1-2H3;1H;1H2/q+1;;/p-1. The SMILES string of the molecule is CCCC[n+]1ccn(-c2ccc(OC)nn2)c1.O.[Cl-]. The van der Waals surface area contributed by atoms with Gasteiger partial charge in [-0.2, -0.15) is 4.57 Å². The number of ether oxygens (including phenoxy) is 1. The third kappa shape index (κ3) is 4.50. The van der Waals surface area contributed by atoms with Crippen molar-refractivity contribution in [2.45, 2.75) is 26.3 Å². The molecule has 0 bridgehead atoms. The summed E-state index contributed by atoms with van der Waals surface area (Å²) < 4.78 is 9.07. The van der Waals surface area contributed by atoms with E-state index < -0.39 is 0 Å². The lowest BCUT2D eigenvalue weighted by molar-refractivity contribution is -0.696. The predicted molar refractivity (Wildman–Crippen MR) is 66.6 cm³/mol. The maximum atomic E-state index is 4.98. The number of hydrogen-bond donors (Lipinski definition) is 0. The van der Waals surface area contributed by atoms with E-state index >= 15 is 0 Å². The molecule has 0 amide bonds. The average Bonchev–Trinajstić information content (AvgIpc) is 2.85. The number of aromatic nitrogens is 4. The predicted octanol–water partition coefficient (Wildman–Crippen LogP) is -2.46. The summed E-state index contributed by atoms with van der Waals surface area (Å²) in [7, 11) is 1.58. The van der Waals surface area contributed by atoms with Crippen molar-refractivity contribution in [3.8, 4) is 11.7 Å². The Balaban J connectivity index is 0.00000162. The second-order valence-electron chi connectivity index (χ2n) is 3.85. The molecule has 2 N–H and O–H groups in total. The Morgan fingerprint density at radius 1 is 1.32 bits per heavy atom. The van der Waals surface area contributed by atoms with Crippen LogP contribution in [0.5, 0.6) is 5.88 Å². The van der Waals surface area contributed by atoms with Gasteiger partial charge in [0.1, 0.15) is 12.4 Å². The van der Waals surface area contributed by atoms with Gasteiger partial charge in [-0.3, -0.25) is 0 Å². The first kappa shape index (κ1) is 17.3. The van der Waals surface area contributed by atoms with Crippen molar-refractivity contribution in [3.63, 3.8) is 0 Å². The molecule has 0 fully saturated rings. The molecule has 0 aliphatic heterocycles. The van der Waals surface area contributed by atoms with Gasteiger partial charge in [0, 0.05) is 12.1 Å². The zero-order valence-corrected chi connectivity index (χ0v) is 11.8. The van der Waals surface area contributed by atoms with Crippen molar-refractivity contribution >= 4 is 0 Å². The first-order valence-electron chi connectivity index (χ1n) is 5.78. The number of aryl methyl sites for hydroxylation is 1. The normalized spacial score (nSPS) is 9.37. The minimum atomic E-state index is 0. The molecule has 0 unspecified atom stereocenters. The lowest BCUT2D eigenvalue weighted by Gasteiger charge is -1.97. The summed E-state index contributed by atoms with van der Waals surface area (Å²) in [5, 5.41) is 8.03. The highest BCUT2D eigenvalue weighted by atomic mass is 35.5. The van der Waals surface area contributed by atoms with Crippen molar-refractivity contribution in [2.24, 2.45) is 0 Å². The Bertz CT molecular complexity index is 473. The Labute approximate surface area is 118 Å². The average molecular weight is 287 g/mol. The van der Waals surface area contributed by atoms with Crippen molar-refractivity contribution in [1.29, 1.82) is 0 Å². The maximum Gasteiger partial charge on any atom is 0.250 e. The summed E-state index contributed by atoms with van der Waals surface area (Å²) in [6.45, 7) is 3.22. The second kappa shape index (κ2) is 8.44. The molecule has 106 valence electrons. The fraction of sp³-hybridized carbons (Fsp3) is 0.417. The number of unbranched alkanes of at least 4 members (excludes halogenated alkanes) is 1. The first-order valence-corrected chi connectivity index (χ1v) is 5.78. The van der Waals surface area contributed by atoms with Crippen molar-refractivity contribution < 1.29 is 27.2 Å². The van der Waals surface area contributed by atoms with E-state index in [0.717, 1.165) is 12.4 Å². The van der Waals surface area contributed by atoms with Gasteiger partial charge < -0.3 is 22.6 Å². The summed E-state index contributed by atoms with van der Waals surface area (Å²) in [6.07, 6.45) is 8.42. The lowest BCUT2D eigenvalue weighted by atomic mass is 10.3. The molecule has 0 spiro atoms. The topological polar surface area (TPSA) is 75.3 Å². The highest BCUT2D eigenvalue weighted by Crippen LogP contribution is 2.06. The van der Waals surface area contributed by atoms with E-state index in [1.54, 1.807) is 13.2 Å². The van der Waals surface area contributed by atoms with Crippen LogP contribution in [0.4, 0.5) is 0 Å². The molecule has 19 heavy (non-hydrogen) atoms. The molecule has 0 aliphatic carbocycles. The summed E-state index contributed by atoms with van der Waals surface area (Å²) in [5.74, 6) is 1.32. The van der Waals surface area contributed by atoms with Gasteiger partial charge >= 0.3 is 0 Å². The van der Waals surface area contributed by atoms with Gasteiger partial charge in [-0.25, -0.2) is 4.57 Å². The minimum Gasteiger partial charge on any atom is -1.00 e. The fourth-order valence-electron chi connectivity index (χ4n) is 1.56. The van der Waals surface area contributed by atoms with Crippen LogP contribution in [0.2, 0.25) is 0 Å². The van der Waals surface area contributed by atoms with Gasteiger partial charge in [0.2, 0.25) is 18.0 Å². The molecule has 0 saturated heterocycles. The largest absolute Gasteiger partial charge is 1.00 e. The zero-order chi connectivity index (χ0) is 12.1. The number of rotatable bonds is 5. The fourth-order valence-corrected chi connectivity index (χ4v) is 1.56. The van der Waals surface area contributed by atoms with Gasteiger partial charge in [0.25, 0.3) is 0 Å². The van der Waals surface area contributed by atoms with E-state index in [2.05, 4.69) is 21.7 Å². The van der Waals surface area contributed by atoms with Gasteiger partial charge in [0.15, 0.2) is 0 Å². The third-order valence-corrected chi connectivity index (χ3v) is 2.56. The zero-order valence-electron chi connectivity index (χ0n) is 11.1. The first-order chi connectivity index (χ1) is 8.33. The Morgan fingerprint density at radius 3 is 2.68 bits per heavy atom. The molecule has 2 heterocycles. The van der Waals surface area contributed by atoms with E-state index in [-0.39, 0.29) is 17.9 Å². The molecule has 7 heteroatoms. The Morgan fingerprint density at radius 2 is 2.11 bits per heavy atom. The van der Waals surface area contributed by atoms with E-state index in [1.807, 2.05) is 29.4 Å². The summed E-state index contributed by atoms with van der Waals surface area (Å²) in [4.78, 5) is 0. The molecule has 2 rings (SSSR count). The molecular formula is C12H19ClN4O2. The monoisotopic (exact) mass is 286 g/mol. The van der Waals surface area contributed by atoms with Gasteiger partial charge in [-0.1, -0.05) is 13.3 Å². The number of nitrogens with zero attached hydrogens (tertiary/aromatic N) is 4. The van der Waals surface area contributed by atoms with Crippen molar-refractivity contribution in [3.05, 3.63) is 30.9 Å². The molecule has 0 aromatic carbocycles. The third-order valence-electron chi connectivity index (χ3n) is 2.56. The minimum absolute atomic E-state index is 0. The van der Waals surface area contributed by atoms with Gasteiger partial charge in [-0.15, -0.1) is 10.2 Å².